The monoisotopic (exact) mass is 402 g/mol. The van der Waals surface area contributed by atoms with Crippen molar-refractivity contribution >= 4 is 56.0 Å². The Morgan fingerprint density at radius 3 is 1.74 bits per heavy atom. The highest BCUT2D eigenvalue weighted by Crippen LogP contribution is 2.31. The third-order valence-electron chi connectivity index (χ3n) is 3.04. The van der Waals surface area contributed by atoms with Crippen molar-refractivity contribution in [2.24, 2.45) is 0 Å². The smallest absolute Gasteiger partial charge is 0.217 e. The topological polar surface area (TPSA) is 34.1 Å². The van der Waals surface area contributed by atoms with E-state index in [0.717, 1.165) is 35.5 Å². The molecule has 0 aliphatic rings. The van der Waals surface area contributed by atoms with Gasteiger partial charge in [-0.3, -0.25) is 0 Å². The van der Waals surface area contributed by atoms with E-state index in [2.05, 4.69) is 13.2 Å². The average molecular weight is 403 g/mol. The van der Waals surface area contributed by atoms with E-state index in [4.69, 9.17) is 0 Å². The van der Waals surface area contributed by atoms with Gasteiger partial charge in [0.05, 0.1) is 0 Å². The van der Waals surface area contributed by atoms with Gasteiger partial charge in [0.25, 0.3) is 0 Å². The summed E-state index contributed by atoms with van der Waals surface area (Å²) in [5.74, 6) is 1.84. The fourth-order valence-corrected chi connectivity index (χ4v) is 7.07. The third kappa shape index (κ3) is 5.26. The Morgan fingerprint density at radius 1 is 0.913 bits per heavy atom. The number of hydrogen-bond donors (Lipinski definition) is 0. The molecule has 2 heterocycles. The molecule has 2 nitrogen and oxygen atoms in total. The lowest BCUT2D eigenvalue weighted by Crippen LogP contribution is -1.97. The quantitative estimate of drug-likeness (QED) is 0.493. The molecule has 124 valence electrons. The van der Waals surface area contributed by atoms with Crippen LogP contribution in [0.25, 0.3) is 0 Å². The zero-order valence-corrected chi connectivity index (χ0v) is 16.6. The highest BCUT2D eigenvalue weighted by atomic mass is 32.3. The van der Waals surface area contributed by atoms with E-state index in [-0.39, 0.29) is 0 Å². The zero-order chi connectivity index (χ0) is 16.7. The maximum Gasteiger partial charge on any atom is 0.225 e. The molecule has 0 unspecified atom stereocenters. The van der Waals surface area contributed by atoms with Crippen molar-refractivity contribution in [3.8, 4) is 0 Å². The summed E-state index contributed by atoms with van der Waals surface area (Å²) in [4.78, 5) is 0. The second-order valence-electron chi connectivity index (χ2n) is 4.63. The molecule has 0 fully saturated rings. The van der Waals surface area contributed by atoms with Crippen LogP contribution >= 0.6 is 46.2 Å². The van der Waals surface area contributed by atoms with Gasteiger partial charge in [-0.05, 0) is 57.7 Å². The fourth-order valence-electron chi connectivity index (χ4n) is 1.87. The third-order valence-corrected chi connectivity index (χ3v) is 9.12. The van der Waals surface area contributed by atoms with Crippen LogP contribution in [0.2, 0.25) is 0 Å². The van der Waals surface area contributed by atoms with Gasteiger partial charge in [-0.2, -0.15) is 0 Å². The molecule has 0 atom stereocenters. The molecule has 0 aromatic carbocycles. The van der Waals surface area contributed by atoms with Gasteiger partial charge in [-0.25, -0.2) is 8.42 Å². The number of hydrogen-bond acceptors (Lipinski definition) is 6. The Balaban J connectivity index is 2.08. The number of aryl methyl sites for hydroxylation is 2. The predicted octanol–water partition coefficient (Wildman–Crippen LogP) is 5.48. The Hall–Kier alpha value is -0.470. The van der Waals surface area contributed by atoms with Gasteiger partial charge in [0.1, 0.15) is 8.42 Å². The first kappa shape index (κ1) is 18.9. The van der Waals surface area contributed by atoms with Crippen molar-refractivity contribution in [3.63, 3.8) is 0 Å². The van der Waals surface area contributed by atoms with Crippen LogP contribution in [0.15, 0.2) is 55.3 Å². The molecule has 2 aromatic heterocycles. The SMILES string of the molecule is C=CSCCc1csc(S(=O)(=O)c2cc(CCSC=C)cs2)c1. The Morgan fingerprint density at radius 2 is 1.35 bits per heavy atom. The van der Waals surface area contributed by atoms with E-state index in [1.807, 2.05) is 21.6 Å². The van der Waals surface area contributed by atoms with Crippen molar-refractivity contribution in [3.05, 3.63) is 58.0 Å². The molecule has 0 aliphatic carbocycles. The number of rotatable bonds is 10. The van der Waals surface area contributed by atoms with Crippen LogP contribution in [0.1, 0.15) is 11.1 Å². The minimum Gasteiger partial charge on any atom is -0.217 e. The molecule has 23 heavy (non-hydrogen) atoms. The van der Waals surface area contributed by atoms with Crippen molar-refractivity contribution < 1.29 is 8.42 Å². The standard InChI is InChI=1S/C16H18O2S5/c1-3-19-7-5-13-9-15(21-11-13)23(17,18)16-10-14(12-22-16)6-8-20-4-2/h3-4,9-12H,1-2,5-8H2. The zero-order valence-electron chi connectivity index (χ0n) is 12.6. The lowest BCUT2D eigenvalue weighted by atomic mass is 10.3. The van der Waals surface area contributed by atoms with Gasteiger partial charge < -0.3 is 0 Å². The minimum atomic E-state index is -3.38. The van der Waals surface area contributed by atoms with Crippen LogP contribution in [0.4, 0.5) is 0 Å². The van der Waals surface area contributed by atoms with Crippen LogP contribution in [0, 0.1) is 0 Å². The van der Waals surface area contributed by atoms with Gasteiger partial charge in [0.2, 0.25) is 9.84 Å². The molecular weight excluding hydrogens is 385 g/mol. The van der Waals surface area contributed by atoms with Crippen LogP contribution in [0.5, 0.6) is 0 Å². The van der Waals surface area contributed by atoms with Gasteiger partial charge in [-0.1, -0.05) is 13.2 Å². The van der Waals surface area contributed by atoms with Crippen molar-refractivity contribution in [2.75, 3.05) is 11.5 Å². The first-order valence-electron chi connectivity index (χ1n) is 6.93. The average Bonchev–Trinajstić information content (AvgIpc) is 3.17. The van der Waals surface area contributed by atoms with E-state index in [1.54, 1.807) is 35.7 Å². The summed E-state index contributed by atoms with van der Waals surface area (Å²) < 4.78 is 26.3. The van der Waals surface area contributed by atoms with Crippen LogP contribution < -0.4 is 0 Å². The van der Waals surface area contributed by atoms with E-state index >= 15 is 0 Å². The van der Waals surface area contributed by atoms with Gasteiger partial charge in [-0.15, -0.1) is 46.2 Å². The van der Waals surface area contributed by atoms with Crippen molar-refractivity contribution in [1.82, 2.24) is 0 Å². The summed E-state index contributed by atoms with van der Waals surface area (Å²) in [5.41, 5.74) is 2.14. The molecular formula is C16H18O2S5. The lowest BCUT2D eigenvalue weighted by Gasteiger charge is -1.97. The summed E-state index contributed by atoms with van der Waals surface area (Å²) in [5, 5.41) is 7.49. The highest BCUT2D eigenvalue weighted by Gasteiger charge is 2.22. The normalized spacial score (nSPS) is 11.5. The second kappa shape index (κ2) is 9.13. The Bertz CT molecular complexity index is 697. The largest absolute Gasteiger partial charge is 0.225 e. The summed E-state index contributed by atoms with van der Waals surface area (Å²) in [7, 11) is -3.38. The Kier molecular flexibility index (Phi) is 7.49. The first-order valence-corrected chi connectivity index (χ1v) is 12.3. The van der Waals surface area contributed by atoms with E-state index < -0.39 is 9.84 Å². The molecule has 2 aromatic rings. The summed E-state index contributed by atoms with van der Waals surface area (Å²) in [6, 6.07) is 3.60. The maximum absolute atomic E-state index is 12.7. The van der Waals surface area contributed by atoms with Crippen LogP contribution in [0.3, 0.4) is 0 Å². The number of sulfone groups is 1. The second-order valence-corrected chi connectivity index (χ2v) is 11.0. The molecule has 0 saturated heterocycles. The summed E-state index contributed by atoms with van der Waals surface area (Å²) in [6.45, 7) is 7.34. The van der Waals surface area contributed by atoms with Crippen LogP contribution in [-0.2, 0) is 22.7 Å². The Labute approximate surface area is 154 Å². The van der Waals surface area contributed by atoms with Crippen LogP contribution in [-0.4, -0.2) is 19.9 Å². The molecule has 0 spiro atoms. The molecule has 7 heteroatoms. The molecule has 0 saturated carbocycles. The lowest BCUT2D eigenvalue weighted by molar-refractivity contribution is 0.600. The van der Waals surface area contributed by atoms with Gasteiger partial charge in [0, 0.05) is 11.5 Å². The number of thiophene rings is 2. The first-order chi connectivity index (χ1) is 11.1. The summed E-state index contributed by atoms with van der Waals surface area (Å²) in [6.07, 6.45) is 1.72. The minimum absolute atomic E-state index is 0.435. The molecule has 2 rings (SSSR count). The van der Waals surface area contributed by atoms with Gasteiger partial charge >= 0.3 is 0 Å². The fraction of sp³-hybridized carbons (Fsp3) is 0.250. The molecule has 0 aliphatic heterocycles. The van der Waals surface area contributed by atoms with Gasteiger partial charge in [0.15, 0.2) is 0 Å². The van der Waals surface area contributed by atoms with E-state index in [0.29, 0.717) is 8.42 Å². The van der Waals surface area contributed by atoms with E-state index in [9.17, 15) is 8.42 Å². The summed E-state index contributed by atoms with van der Waals surface area (Å²) >= 11 is 5.89. The maximum atomic E-state index is 12.7. The van der Waals surface area contributed by atoms with E-state index in [1.165, 1.54) is 22.7 Å². The molecule has 0 amide bonds. The predicted molar refractivity (Wildman–Crippen MR) is 107 cm³/mol. The molecule has 0 bridgehead atoms. The molecule has 0 radical (unpaired) electrons. The van der Waals surface area contributed by atoms with Crippen molar-refractivity contribution in [2.45, 2.75) is 21.3 Å². The van der Waals surface area contributed by atoms with Crippen molar-refractivity contribution in [1.29, 1.82) is 0 Å². The number of thioether (sulfide) groups is 2. The highest BCUT2D eigenvalue weighted by molar-refractivity contribution is 8.02. The molecule has 0 N–H and O–H groups in total.